The molecule has 0 atom stereocenters. The molecule has 0 aliphatic heterocycles. The Kier molecular flexibility index (Phi) is 6.63. The molecule has 5 nitrogen and oxygen atoms in total. The first-order chi connectivity index (χ1) is 13.6. The molecule has 0 bridgehead atoms. The third kappa shape index (κ3) is 4.88. The van der Waals surface area contributed by atoms with E-state index in [9.17, 15) is 9.18 Å². The first kappa shape index (κ1) is 19.9. The van der Waals surface area contributed by atoms with E-state index in [4.69, 9.17) is 5.11 Å². The third-order valence-electron chi connectivity index (χ3n) is 4.94. The van der Waals surface area contributed by atoms with E-state index in [0.29, 0.717) is 11.6 Å². The molecule has 1 aromatic carbocycles. The summed E-state index contributed by atoms with van der Waals surface area (Å²) in [5.74, 6) is -0.801. The van der Waals surface area contributed by atoms with E-state index < -0.39 is 5.82 Å². The van der Waals surface area contributed by atoms with Gasteiger partial charge in [-0.3, -0.25) is 4.79 Å². The molecule has 0 unspecified atom stereocenters. The number of hydrogen-bond acceptors (Lipinski definition) is 3. The van der Waals surface area contributed by atoms with Crippen molar-refractivity contribution in [3.05, 3.63) is 65.7 Å². The van der Waals surface area contributed by atoms with E-state index >= 15 is 0 Å². The zero-order valence-electron chi connectivity index (χ0n) is 16.1. The fourth-order valence-corrected chi connectivity index (χ4v) is 3.01. The van der Waals surface area contributed by atoms with Gasteiger partial charge in [0.05, 0.1) is 17.3 Å². The van der Waals surface area contributed by atoms with Crippen molar-refractivity contribution in [2.24, 2.45) is 0 Å². The average molecular weight is 383 g/mol. The second-order valence-electron chi connectivity index (χ2n) is 7.08. The normalized spacial score (nSPS) is 13.5. The molecule has 1 aliphatic rings. The smallest absolute Gasteiger partial charge is 0.255 e. The first-order valence-corrected chi connectivity index (χ1v) is 9.79. The quantitative estimate of drug-likeness (QED) is 0.682. The number of phenolic OH excluding ortho intramolecular Hbond substituents is 1. The third-order valence-corrected chi connectivity index (χ3v) is 4.94. The fourth-order valence-electron chi connectivity index (χ4n) is 3.01. The van der Waals surface area contributed by atoms with Crippen LogP contribution < -0.4 is 5.32 Å². The van der Waals surface area contributed by atoms with Gasteiger partial charge in [0.2, 0.25) is 0 Å². The van der Waals surface area contributed by atoms with Crippen LogP contribution in [0.25, 0.3) is 5.52 Å². The number of aryl methyl sites for hydroxylation is 1. The molecule has 1 aliphatic carbocycles. The number of pyridine rings is 1. The number of aromatic hydroxyl groups is 1. The van der Waals surface area contributed by atoms with E-state index in [2.05, 4.69) is 17.3 Å². The maximum Gasteiger partial charge on any atom is 0.255 e. The van der Waals surface area contributed by atoms with Crippen molar-refractivity contribution in [1.29, 1.82) is 0 Å². The number of nitrogens with one attached hydrogen (secondary N) is 1. The Morgan fingerprint density at radius 2 is 2.14 bits per heavy atom. The number of aromatic nitrogens is 2. The largest absolute Gasteiger partial charge is 0.505 e. The predicted molar refractivity (Wildman–Crippen MR) is 107 cm³/mol. The van der Waals surface area contributed by atoms with Crippen LogP contribution in [0.4, 0.5) is 4.39 Å². The van der Waals surface area contributed by atoms with Gasteiger partial charge in [0.15, 0.2) is 11.6 Å². The molecule has 0 saturated heterocycles. The summed E-state index contributed by atoms with van der Waals surface area (Å²) >= 11 is 0. The lowest BCUT2D eigenvalue weighted by Gasteiger charge is -2.26. The lowest BCUT2D eigenvalue weighted by molar-refractivity contribution is 0.0918. The van der Waals surface area contributed by atoms with E-state index in [0.717, 1.165) is 43.2 Å². The maximum atomic E-state index is 12.8. The highest BCUT2D eigenvalue weighted by Gasteiger charge is 2.21. The first-order valence-electron chi connectivity index (χ1n) is 9.79. The van der Waals surface area contributed by atoms with Crippen molar-refractivity contribution in [1.82, 2.24) is 14.9 Å². The molecule has 1 fully saturated rings. The summed E-state index contributed by atoms with van der Waals surface area (Å²) in [7, 11) is 0. The van der Waals surface area contributed by atoms with Gasteiger partial charge in [-0.15, -0.1) is 0 Å². The molecule has 2 heterocycles. The molecule has 2 aromatic heterocycles. The van der Waals surface area contributed by atoms with Crippen molar-refractivity contribution >= 4 is 11.4 Å². The SMILES string of the molecule is CCCCc1ccc(O)c(F)c1.O=C(NC1CCC1)c1cnn2ccccc12. The van der Waals surface area contributed by atoms with Crippen LogP contribution in [0.1, 0.15) is 54.9 Å². The minimum atomic E-state index is -0.524. The minimum absolute atomic E-state index is 0.00843. The van der Waals surface area contributed by atoms with Crippen molar-refractivity contribution in [2.75, 3.05) is 0 Å². The van der Waals surface area contributed by atoms with Gasteiger partial charge in [-0.1, -0.05) is 25.5 Å². The summed E-state index contributed by atoms with van der Waals surface area (Å²) in [5, 5.41) is 16.1. The Morgan fingerprint density at radius 3 is 2.82 bits per heavy atom. The number of benzene rings is 1. The van der Waals surface area contributed by atoms with Gasteiger partial charge >= 0.3 is 0 Å². The van der Waals surface area contributed by atoms with Crippen LogP contribution in [-0.2, 0) is 6.42 Å². The Morgan fingerprint density at radius 1 is 1.32 bits per heavy atom. The fraction of sp³-hybridized carbons (Fsp3) is 0.364. The standard InChI is InChI=1S/C12H13N3O.C10H13FO/c16-12(14-9-4-3-5-9)10-8-13-15-7-2-1-6-11(10)15;1-2-3-4-8-5-6-10(12)9(11)7-8/h1-2,6-9H,3-5H2,(H,14,16);5-7,12H,2-4H2,1H3. The van der Waals surface area contributed by atoms with Crippen LogP contribution in [0.15, 0.2) is 48.8 Å². The van der Waals surface area contributed by atoms with E-state index in [1.54, 1.807) is 16.8 Å². The van der Waals surface area contributed by atoms with Crippen molar-refractivity contribution in [3.8, 4) is 5.75 Å². The number of hydrogen-bond donors (Lipinski definition) is 2. The Balaban J connectivity index is 0.000000169. The number of amides is 1. The number of carbonyl (C=O) groups is 1. The highest BCUT2D eigenvalue weighted by Crippen LogP contribution is 2.19. The summed E-state index contributed by atoms with van der Waals surface area (Å²) in [6.45, 7) is 2.09. The van der Waals surface area contributed by atoms with Gasteiger partial charge < -0.3 is 10.4 Å². The van der Waals surface area contributed by atoms with E-state index in [1.165, 1.54) is 18.6 Å². The van der Waals surface area contributed by atoms with Gasteiger partial charge in [-0.2, -0.15) is 5.10 Å². The van der Waals surface area contributed by atoms with Crippen LogP contribution in [0.2, 0.25) is 0 Å². The molecule has 0 radical (unpaired) electrons. The molecule has 28 heavy (non-hydrogen) atoms. The molecule has 2 N–H and O–H groups in total. The van der Waals surface area contributed by atoms with Crippen LogP contribution in [0.5, 0.6) is 5.75 Å². The molecule has 0 spiro atoms. The highest BCUT2D eigenvalue weighted by molar-refractivity contribution is 6.00. The zero-order chi connectivity index (χ0) is 19.9. The summed E-state index contributed by atoms with van der Waals surface area (Å²) in [6.07, 6.45) is 9.94. The van der Waals surface area contributed by atoms with Crippen molar-refractivity contribution in [3.63, 3.8) is 0 Å². The molecule has 148 valence electrons. The second kappa shape index (κ2) is 9.35. The lowest BCUT2D eigenvalue weighted by Crippen LogP contribution is -2.39. The monoisotopic (exact) mass is 383 g/mol. The number of fused-ring (bicyclic) bond motifs is 1. The second-order valence-corrected chi connectivity index (χ2v) is 7.08. The van der Waals surface area contributed by atoms with Crippen molar-refractivity contribution < 1.29 is 14.3 Å². The van der Waals surface area contributed by atoms with Crippen LogP contribution in [0, 0.1) is 5.82 Å². The van der Waals surface area contributed by atoms with E-state index in [-0.39, 0.29) is 11.7 Å². The van der Waals surface area contributed by atoms with Gasteiger partial charge in [-0.25, -0.2) is 8.91 Å². The van der Waals surface area contributed by atoms with Crippen LogP contribution >= 0.6 is 0 Å². The van der Waals surface area contributed by atoms with Gasteiger partial charge in [-0.05, 0) is 61.9 Å². The summed E-state index contributed by atoms with van der Waals surface area (Å²) < 4.78 is 14.5. The molecule has 1 amide bonds. The van der Waals surface area contributed by atoms with Crippen LogP contribution in [0.3, 0.4) is 0 Å². The number of carbonyl (C=O) groups excluding carboxylic acids is 1. The molecule has 6 heteroatoms. The number of nitrogens with zero attached hydrogens (tertiary/aromatic N) is 2. The topological polar surface area (TPSA) is 66.6 Å². The molecule has 1 saturated carbocycles. The van der Waals surface area contributed by atoms with Crippen LogP contribution in [-0.4, -0.2) is 26.7 Å². The van der Waals surface area contributed by atoms with E-state index in [1.807, 2.05) is 24.4 Å². The minimum Gasteiger partial charge on any atom is -0.505 e. The molecular weight excluding hydrogens is 357 g/mol. The predicted octanol–water partition coefficient (Wildman–Crippen LogP) is 4.49. The summed E-state index contributed by atoms with van der Waals surface area (Å²) in [4.78, 5) is 12.0. The van der Waals surface area contributed by atoms with Crippen molar-refractivity contribution in [2.45, 2.75) is 51.5 Å². The Labute approximate surface area is 164 Å². The highest BCUT2D eigenvalue weighted by atomic mass is 19.1. The number of rotatable bonds is 5. The zero-order valence-corrected chi connectivity index (χ0v) is 16.1. The number of phenols is 1. The Hall–Kier alpha value is -2.89. The average Bonchev–Trinajstić information content (AvgIpc) is 3.10. The number of unbranched alkanes of at least 4 members (excludes halogenated alkanes) is 1. The molecule has 3 aromatic rings. The summed E-state index contributed by atoms with van der Waals surface area (Å²) in [6, 6.07) is 10.6. The summed E-state index contributed by atoms with van der Waals surface area (Å²) in [5.41, 5.74) is 2.47. The molecular formula is C22H26FN3O2. The number of halogens is 1. The van der Waals surface area contributed by atoms with Gasteiger partial charge in [0.1, 0.15) is 0 Å². The van der Waals surface area contributed by atoms with Gasteiger partial charge in [0.25, 0.3) is 5.91 Å². The maximum absolute atomic E-state index is 12.8. The molecule has 4 rings (SSSR count). The van der Waals surface area contributed by atoms with Gasteiger partial charge in [0, 0.05) is 12.2 Å². The lowest BCUT2D eigenvalue weighted by atomic mass is 9.93. The Bertz CT molecular complexity index is 934.